The summed E-state index contributed by atoms with van der Waals surface area (Å²) in [6.07, 6.45) is -9.49. The lowest BCUT2D eigenvalue weighted by atomic mass is 10.0. The summed E-state index contributed by atoms with van der Waals surface area (Å²) in [5, 5.41) is 40.5. The lowest BCUT2D eigenvalue weighted by Crippen LogP contribution is -2.49. The molecule has 232 valence electrons. The summed E-state index contributed by atoms with van der Waals surface area (Å²) in [7, 11) is -8.23. The van der Waals surface area contributed by atoms with Crippen LogP contribution < -0.4 is 11.5 Å². The number of aromatic nitrogens is 4. The van der Waals surface area contributed by atoms with E-state index in [0.29, 0.717) is 0 Å². The monoisotopic (exact) mass is 629 g/mol. The van der Waals surface area contributed by atoms with Gasteiger partial charge in [-0.15, -0.1) is 0 Å². The minimum Gasteiger partial charge on any atom is -0.394 e. The van der Waals surface area contributed by atoms with Gasteiger partial charge in [0.2, 0.25) is 0 Å². The van der Waals surface area contributed by atoms with Gasteiger partial charge in [0.1, 0.15) is 54.6 Å². The molecule has 3 heterocycles. The Labute approximate surface area is 232 Å². The SMILES string of the molecule is COC(CN=CN)[C@H](OP(=O)(O)OC[C@H]1O[C@@H](n2cnc3c(N)ncnc32)[C@H](O)[C@@H]1OP(C)(=O)O)[C@H](O)[C@H](O)CO. The molecule has 0 saturated carbocycles. The topological polar surface area (TPSA) is 310 Å². The predicted molar refractivity (Wildman–Crippen MR) is 138 cm³/mol. The largest absolute Gasteiger partial charge is 0.472 e. The number of nitrogens with zero attached hydrogens (tertiary/aromatic N) is 5. The Morgan fingerprint density at radius 2 is 1.98 bits per heavy atom. The molecular formula is C19H33N7O13P2. The molecule has 0 aromatic carbocycles. The second kappa shape index (κ2) is 13.9. The van der Waals surface area contributed by atoms with E-state index in [0.717, 1.165) is 19.3 Å². The molecule has 0 aliphatic carbocycles. The summed E-state index contributed by atoms with van der Waals surface area (Å²) in [5.41, 5.74) is 11.3. The maximum absolute atomic E-state index is 12.9. The van der Waals surface area contributed by atoms with E-state index in [-0.39, 0.29) is 23.5 Å². The first-order valence-electron chi connectivity index (χ1n) is 11.8. The van der Waals surface area contributed by atoms with E-state index in [1.807, 2.05) is 0 Å². The number of anilines is 1. The summed E-state index contributed by atoms with van der Waals surface area (Å²) in [6.45, 7) is -1.20. The number of imidazole rings is 1. The molecule has 0 amide bonds. The summed E-state index contributed by atoms with van der Waals surface area (Å²) >= 11 is 0. The molecule has 2 aromatic heterocycles. The molecule has 1 fully saturated rings. The summed E-state index contributed by atoms with van der Waals surface area (Å²) in [4.78, 5) is 35.9. The van der Waals surface area contributed by atoms with Crippen LogP contribution in [0, 0.1) is 0 Å². The van der Waals surface area contributed by atoms with Crippen molar-refractivity contribution in [3.05, 3.63) is 12.7 Å². The zero-order valence-electron chi connectivity index (χ0n) is 21.8. The normalized spacial score (nSPS) is 27.4. The van der Waals surface area contributed by atoms with Gasteiger partial charge in [-0.1, -0.05) is 0 Å². The van der Waals surface area contributed by atoms with E-state index in [9.17, 15) is 39.3 Å². The van der Waals surface area contributed by atoms with Crippen molar-refractivity contribution in [2.45, 2.75) is 49.0 Å². The van der Waals surface area contributed by atoms with E-state index in [1.54, 1.807) is 0 Å². The number of fused-ring (bicyclic) bond motifs is 1. The molecule has 1 aliphatic heterocycles. The Morgan fingerprint density at radius 3 is 2.59 bits per heavy atom. The molecule has 20 nitrogen and oxygen atoms in total. The Hall–Kier alpha value is -2.16. The van der Waals surface area contributed by atoms with Gasteiger partial charge in [0, 0.05) is 13.8 Å². The molecule has 1 aliphatic rings. The maximum atomic E-state index is 12.9. The molecule has 0 bridgehead atoms. The molecule has 10 N–H and O–H groups in total. The lowest BCUT2D eigenvalue weighted by molar-refractivity contribution is -0.120. The molecule has 0 radical (unpaired) electrons. The molecule has 3 rings (SSSR count). The van der Waals surface area contributed by atoms with E-state index < -0.39 is 77.6 Å². The highest BCUT2D eigenvalue weighted by molar-refractivity contribution is 7.51. The van der Waals surface area contributed by atoms with Crippen molar-refractivity contribution in [2.75, 3.05) is 39.3 Å². The highest BCUT2D eigenvalue weighted by Crippen LogP contribution is 2.49. The Morgan fingerprint density at radius 1 is 1.27 bits per heavy atom. The lowest BCUT2D eigenvalue weighted by Gasteiger charge is -2.32. The van der Waals surface area contributed by atoms with Gasteiger partial charge in [0.05, 0.1) is 32.4 Å². The Balaban J connectivity index is 1.83. The maximum Gasteiger partial charge on any atom is 0.472 e. The summed E-state index contributed by atoms with van der Waals surface area (Å²) < 4.78 is 52.4. The quantitative estimate of drug-likeness (QED) is 0.0556. The number of aliphatic hydroxyl groups excluding tert-OH is 4. The van der Waals surface area contributed by atoms with E-state index in [4.69, 9.17) is 34.5 Å². The van der Waals surface area contributed by atoms with Gasteiger partial charge < -0.3 is 51.2 Å². The number of ether oxygens (including phenoxy) is 2. The van der Waals surface area contributed by atoms with Gasteiger partial charge in [-0.05, 0) is 0 Å². The van der Waals surface area contributed by atoms with Crippen LogP contribution in [0.15, 0.2) is 17.6 Å². The van der Waals surface area contributed by atoms with Gasteiger partial charge in [0.15, 0.2) is 17.7 Å². The molecule has 3 unspecified atom stereocenters. The second-order valence-corrected chi connectivity index (χ2v) is 12.1. The molecule has 1 saturated heterocycles. The first kappa shape index (κ1) is 33.3. The van der Waals surface area contributed by atoms with Crippen molar-refractivity contribution in [2.24, 2.45) is 10.7 Å². The fourth-order valence-electron chi connectivity index (χ4n) is 4.00. The van der Waals surface area contributed by atoms with Gasteiger partial charge in [-0.25, -0.2) is 19.5 Å². The van der Waals surface area contributed by atoms with Crippen LogP contribution in [-0.4, -0.2) is 132 Å². The standard InChI is InChI=1S/C19H33N7O13P2/c1-35-10(3-22-6-20)15(13(29)9(28)4-27)39-41(33,34)36-5-11-16(38-40(2,31)32)14(30)19(37-11)26-8-25-12-17(21)23-7-24-18(12)26/h6-11,13-16,19,27-30H,3-5H2,1-2H3,(H2,20,22)(H,31,32)(H,33,34)(H2,21,23,24)/t9-,10?,11-,13-,14-,15+,16-,19-/m1/s1. The smallest absolute Gasteiger partial charge is 0.394 e. The fraction of sp³-hybridized carbons (Fsp3) is 0.684. The highest BCUT2D eigenvalue weighted by Gasteiger charge is 2.49. The summed E-state index contributed by atoms with van der Waals surface area (Å²) in [5.74, 6) is 0.0373. The van der Waals surface area contributed by atoms with Crippen LogP contribution in [0.3, 0.4) is 0 Å². The minimum atomic E-state index is -5.15. The fourth-order valence-corrected chi connectivity index (χ4v) is 5.68. The van der Waals surface area contributed by atoms with Crippen molar-refractivity contribution < 1.29 is 62.4 Å². The highest BCUT2D eigenvalue weighted by atomic mass is 31.2. The first-order valence-corrected chi connectivity index (χ1v) is 15.4. The van der Waals surface area contributed by atoms with Crippen LogP contribution in [0.1, 0.15) is 6.23 Å². The molecule has 10 atom stereocenters. The average molecular weight is 629 g/mol. The van der Waals surface area contributed by atoms with Crippen LogP contribution in [-0.2, 0) is 32.2 Å². The van der Waals surface area contributed by atoms with Crippen molar-refractivity contribution in [1.82, 2.24) is 19.5 Å². The molecule has 41 heavy (non-hydrogen) atoms. The predicted octanol–water partition coefficient (Wildman–Crippen LogP) is -2.91. The van der Waals surface area contributed by atoms with E-state index in [1.165, 1.54) is 18.0 Å². The third-order valence-electron chi connectivity index (χ3n) is 5.92. The Kier molecular flexibility index (Phi) is 11.3. The number of rotatable bonds is 15. The number of aliphatic hydroxyl groups is 4. The number of hydrogen-bond acceptors (Lipinski definition) is 16. The van der Waals surface area contributed by atoms with Crippen molar-refractivity contribution in [1.29, 1.82) is 0 Å². The number of nitrogen functional groups attached to an aromatic ring is 1. The summed E-state index contributed by atoms with van der Waals surface area (Å²) in [6, 6.07) is 0. The number of nitrogens with two attached hydrogens (primary N) is 2. The molecular weight excluding hydrogens is 596 g/mol. The molecule has 22 heteroatoms. The average Bonchev–Trinajstić information content (AvgIpc) is 3.47. The minimum absolute atomic E-state index is 0.0373. The molecule has 2 aromatic rings. The zero-order chi connectivity index (χ0) is 30.5. The zero-order valence-corrected chi connectivity index (χ0v) is 23.6. The van der Waals surface area contributed by atoms with Crippen molar-refractivity contribution in [3.8, 4) is 0 Å². The van der Waals surface area contributed by atoms with Crippen LogP contribution in [0.25, 0.3) is 11.2 Å². The van der Waals surface area contributed by atoms with E-state index >= 15 is 0 Å². The number of phosphoric acid groups is 1. The third-order valence-corrected chi connectivity index (χ3v) is 7.54. The van der Waals surface area contributed by atoms with Gasteiger partial charge in [-0.3, -0.25) is 27.7 Å². The number of methoxy groups -OCH3 is 1. The van der Waals surface area contributed by atoms with Crippen LogP contribution >= 0.6 is 15.4 Å². The number of phosphoric ester groups is 1. The van der Waals surface area contributed by atoms with Crippen molar-refractivity contribution in [3.63, 3.8) is 0 Å². The van der Waals surface area contributed by atoms with Gasteiger partial charge in [0.25, 0.3) is 0 Å². The van der Waals surface area contributed by atoms with Crippen LogP contribution in [0.2, 0.25) is 0 Å². The van der Waals surface area contributed by atoms with Crippen molar-refractivity contribution >= 4 is 38.7 Å². The second-order valence-electron chi connectivity index (χ2n) is 8.87. The van der Waals surface area contributed by atoms with Gasteiger partial charge in [-0.2, -0.15) is 0 Å². The van der Waals surface area contributed by atoms with Gasteiger partial charge >= 0.3 is 15.4 Å². The van der Waals surface area contributed by atoms with Crippen LogP contribution in [0.5, 0.6) is 0 Å². The third kappa shape index (κ3) is 8.23. The number of aliphatic imine (C=N–C) groups is 1. The Bertz CT molecular complexity index is 1280. The first-order chi connectivity index (χ1) is 19.2. The van der Waals surface area contributed by atoms with E-state index in [2.05, 4.69) is 19.9 Å². The van der Waals surface area contributed by atoms with Crippen LogP contribution in [0.4, 0.5) is 5.82 Å². The number of hydrogen-bond donors (Lipinski definition) is 8. The molecule has 0 spiro atoms.